The fraction of sp³-hybridized carbons (Fsp3) is 1.00. The number of rotatable bonds is 4. The Morgan fingerprint density at radius 3 is 2.55 bits per heavy atom. The molecule has 0 aromatic heterocycles. The summed E-state index contributed by atoms with van der Waals surface area (Å²) in [7, 11) is 2.03. The van der Waals surface area contributed by atoms with Crippen LogP contribution in [0, 0.1) is 5.41 Å². The first kappa shape index (κ1) is 9.01. The number of hydrogen-bond donors (Lipinski definition) is 1. The van der Waals surface area contributed by atoms with Crippen molar-refractivity contribution in [2.24, 2.45) is 5.41 Å². The third-order valence-electron chi connectivity index (χ3n) is 2.64. The summed E-state index contributed by atoms with van der Waals surface area (Å²) in [5, 5.41) is 3.21. The smallest absolute Gasteiger partial charge is 0.00482 e. The molecule has 66 valence electrons. The van der Waals surface area contributed by atoms with E-state index in [0.29, 0.717) is 5.41 Å². The first-order valence-corrected chi connectivity index (χ1v) is 4.57. The van der Waals surface area contributed by atoms with Gasteiger partial charge in [-0.05, 0) is 32.0 Å². The van der Waals surface area contributed by atoms with Gasteiger partial charge < -0.3 is 10.2 Å². The van der Waals surface area contributed by atoms with Gasteiger partial charge in [-0.15, -0.1) is 0 Å². The van der Waals surface area contributed by atoms with Crippen molar-refractivity contribution in [1.82, 2.24) is 10.2 Å². The minimum absolute atomic E-state index is 0.610. The van der Waals surface area contributed by atoms with E-state index >= 15 is 0 Å². The molecule has 1 aliphatic heterocycles. The van der Waals surface area contributed by atoms with Crippen LogP contribution in [0.1, 0.15) is 20.3 Å². The van der Waals surface area contributed by atoms with Crippen molar-refractivity contribution in [2.75, 3.05) is 33.2 Å². The Hall–Kier alpha value is -0.0800. The molecule has 1 fully saturated rings. The maximum absolute atomic E-state index is 3.21. The maximum Gasteiger partial charge on any atom is 0.00482 e. The van der Waals surface area contributed by atoms with E-state index in [-0.39, 0.29) is 0 Å². The summed E-state index contributed by atoms with van der Waals surface area (Å²) in [5.41, 5.74) is 0.610. The second-order valence-electron chi connectivity index (χ2n) is 3.97. The zero-order chi connectivity index (χ0) is 8.32. The first-order chi connectivity index (χ1) is 5.20. The quantitative estimate of drug-likeness (QED) is 0.651. The van der Waals surface area contributed by atoms with Gasteiger partial charge in [-0.25, -0.2) is 0 Å². The Morgan fingerprint density at radius 2 is 2.09 bits per heavy atom. The Balaban J connectivity index is 2.15. The van der Waals surface area contributed by atoms with Gasteiger partial charge in [-0.2, -0.15) is 0 Å². The van der Waals surface area contributed by atoms with Crippen LogP contribution in [0.5, 0.6) is 0 Å². The van der Waals surface area contributed by atoms with Crippen molar-refractivity contribution in [3.8, 4) is 0 Å². The van der Waals surface area contributed by atoms with Crippen LogP contribution in [0.4, 0.5) is 0 Å². The monoisotopic (exact) mass is 156 g/mol. The third-order valence-corrected chi connectivity index (χ3v) is 2.64. The molecule has 1 saturated heterocycles. The number of hydrogen-bond acceptors (Lipinski definition) is 2. The molecule has 2 nitrogen and oxygen atoms in total. The highest BCUT2D eigenvalue weighted by molar-refractivity contribution is 4.90. The van der Waals surface area contributed by atoms with E-state index in [1.54, 1.807) is 0 Å². The Morgan fingerprint density at radius 1 is 1.45 bits per heavy atom. The van der Waals surface area contributed by atoms with Gasteiger partial charge in [0.2, 0.25) is 0 Å². The molecule has 0 saturated carbocycles. The number of nitrogens with one attached hydrogen (secondary N) is 1. The van der Waals surface area contributed by atoms with Crippen LogP contribution in [-0.2, 0) is 0 Å². The highest BCUT2D eigenvalue weighted by atomic mass is 15.2. The summed E-state index contributed by atoms with van der Waals surface area (Å²) in [5.74, 6) is 0. The standard InChI is InChI=1S/C9H20N2/c1-4-11-7-9(2,8-11)5-6-10-3/h10H,4-8H2,1-3H3. The fourth-order valence-electron chi connectivity index (χ4n) is 1.84. The van der Waals surface area contributed by atoms with E-state index in [1.807, 2.05) is 7.05 Å². The van der Waals surface area contributed by atoms with Gasteiger partial charge >= 0.3 is 0 Å². The van der Waals surface area contributed by atoms with Gasteiger partial charge in [0.1, 0.15) is 0 Å². The molecule has 1 N–H and O–H groups in total. The third kappa shape index (κ3) is 2.17. The van der Waals surface area contributed by atoms with Crippen molar-refractivity contribution >= 4 is 0 Å². The molecule has 0 spiro atoms. The lowest BCUT2D eigenvalue weighted by Crippen LogP contribution is -2.55. The van der Waals surface area contributed by atoms with E-state index in [1.165, 1.54) is 26.1 Å². The summed E-state index contributed by atoms with van der Waals surface area (Å²) in [4.78, 5) is 2.50. The summed E-state index contributed by atoms with van der Waals surface area (Å²) in [6.45, 7) is 9.59. The molecule has 2 heteroatoms. The normalized spacial score (nSPS) is 23.2. The van der Waals surface area contributed by atoms with Crippen LogP contribution in [0.3, 0.4) is 0 Å². The van der Waals surface area contributed by atoms with Crippen LogP contribution in [0.25, 0.3) is 0 Å². The molecule has 1 aliphatic rings. The van der Waals surface area contributed by atoms with Crippen LogP contribution in [-0.4, -0.2) is 38.1 Å². The van der Waals surface area contributed by atoms with Crippen molar-refractivity contribution in [2.45, 2.75) is 20.3 Å². The van der Waals surface area contributed by atoms with Gasteiger partial charge in [-0.1, -0.05) is 13.8 Å². The zero-order valence-electron chi connectivity index (χ0n) is 7.98. The summed E-state index contributed by atoms with van der Waals surface area (Å²) in [6.07, 6.45) is 1.32. The summed E-state index contributed by atoms with van der Waals surface area (Å²) in [6, 6.07) is 0. The summed E-state index contributed by atoms with van der Waals surface area (Å²) < 4.78 is 0. The minimum Gasteiger partial charge on any atom is -0.320 e. The van der Waals surface area contributed by atoms with Crippen LogP contribution in [0.15, 0.2) is 0 Å². The van der Waals surface area contributed by atoms with Gasteiger partial charge in [-0.3, -0.25) is 0 Å². The molecule has 0 aromatic rings. The predicted molar refractivity (Wildman–Crippen MR) is 48.8 cm³/mol. The fourth-order valence-corrected chi connectivity index (χ4v) is 1.84. The molecule has 0 aromatic carbocycles. The molecule has 0 unspecified atom stereocenters. The van der Waals surface area contributed by atoms with Crippen molar-refractivity contribution in [3.63, 3.8) is 0 Å². The first-order valence-electron chi connectivity index (χ1n) is 4.57. The van der Waals surface area contributed by atoms with E-state index in [2.05, 4.69) is 24.1 Å². The van der Waals surface area contributed by atoms with Crippen molar-refractivity contribution in [1.29, 1.82) is 0 Å². The lowest BCUT2D eigenvalue weighted by Gasteiger charge is -2.48. The van der Waals surface area contributed by atoms with Gasteiger partial charge in [0.25, 0.3) is 0 Å². The Bertz CT molecular complexity index is 111. The van der Waals surface area contributed by atoms with Gasteiger partial charge in [0, 0.05) is 13.1 Å². The highest BCUT2D eigenvalue weighted by Crippen LogP contribution is 2.32. The second kappa shape index (κ2) is 3.55. The second-order valence-corrected chi connectivity index (χ2v) is 3.97. The molecule has 1 heterocycles. The topological polar surface area (TPSA) is 15.3 Å². The lowest BCUT2D eigenvalue weighted by molar-refractivity contribution is 0.0142. The maximum atomic E-state index is 3.21. The minimum atomic E-state index is 0.610. The molecule has 11 heavy (non-hydrogen) atoms. The lowest BCUT2D eigenvalue weighted by atomic mass is 9.79. The predicted octanol–water partition coefficient (Wildman–Crippen LogP) is 0.938. The highest BCUT2D eigenvalue weighted by Gasteiger charge is 2.36. The van der Waals surface area contributed by atoms with E-state index < -0.39 is 0 Å². The summed E-state index contributed by atoms with van der Waals surface area (Å²) >= 11 is 0. The SMILES string of the molecule is CCN1CC(C)(CCNC)C1. The van der Waals surface area contributed by atoms with Crippen molar-refractivity contribution in [3.05, 3.63) is 0 Å². The van der Waals surface area contributed by atoms with Crippen LogP contribution >= 0.6 is 0 Å². The molecule has 0 amide bonds. The van der Waals surface area contributed by atoms with E-state index in [4.69, 9.17) is 0 Å². The average molecular weight is 156 g/mol. The van der Waals surface area contributed by atoms with Crippen molar-refractivity contribution < 1.29 is 0 Å². The molecule has 0 atom stereocenters. The number of nitrogens with zero attached hydrogens (tertiary/aromatic N) is 1. The Labute approximate surface area is 70.0 Å². The molecule has 0 bridgehead atoms. The Kier molecular flexibility index (Phi) is 2.90. The molecular weight excluding hydrogens is 136 g/mol. The van der Waals surface area contributed by atoms with Crippen LogP contribution in [0.2, 0.25) is 0 Å². The molecular formula is C9H20N2. The number of likely N-dealkylation sites (tertiary alicyclic amines) is 1. The van der Waals surface area contributed by atoms with E-state index in [9.17, 15) is 0 Å². The molecule has 0 radical (unpaired) electrons. The average Bonchev–Trinajstić information content (AvgIpc) is 1.95. The largest absolute Gasteiger partial charge is 0.320 e. The molecule has 1 rings (SSSR count). The van der Waals surface area contributed by atoms with Gasteiger partial charge in [0.15, 0.2) is 0 Å². The van der Waals surface area contributed by atoms with Gasteiger partial charge in [0.05, 0.1) is 0 Å². The zero-order valence-corrected chi connectivity index (χ0v) is 7.98. The van der Waals surface area contributed by atoms with Crippen LogP contribution < -0.4 is 5.32 Å². The molecule has 0 aliphatic carbocycles. The van der Waals surface area contributed by atoms with E-state index in [0.717, 1.165) is 6.54 Å².